The van der Waals surface area contributed by atoms with Crippen LogP contribution in [-0.4, -0.2) is 34.4 Å². The summed E-state index contributed by atoms with van der Waals surface area (Å²) in [6.45, 7) is 0. The van der Waals surface area contributed by atoms with Crippen LogP contribution < -0.4 is 4.18 Å². The number of alkyl halides is 1. The molecule has 0 bridgehead atoms. The van der Waals surface area contributed by atoms with Crippen LogP contribution in [0.1, 0.15) is 0 Å². The monoisotopic (exact) mass is 398 g/mol. The smallest absolute Gasteiger partial charge is 0.333 e. The number of halogens is 1. The lowest BCUT2D eigenvalue weighted by Crippen LogP contribution is -2.09. The maximum atomic E-state index is 11.1. The van der Waals surface area contributed by atoms with Gasteiger partial charge in [-0.15, -0.1) is 0 Å². The number of rotatable bonds is 4. The summed E-state index contributed by atoms with van der Waals surface area (Å²) in [5, 5.41) is 15.3. The van der Waals surface area contributed by atoms with E-state index in [4.69, 9.17) is 0 Å². The zero-order chi connectivity index (χ0) is 14.2. The molecule has 102 valence electrons. The van der Waals surface area contributed by atoms with E-state index in [1.165, 1.54) is 16.9 Å². The van der Waals surface area contributed by atoms with Gasteiger partial charge in [-0.25, -0.2) is 4.68 Å². The highest BCUT2D eigenvalue weighted by atomic mass is 127. The molecule has 0 aliphatic carbocycles. The van der Waals surface area contributed by atoms with Gasteiger partial charge in [-0.2, -0.15) is 18.5 Å². The van der Waals surface area contributed by atoms with Gasteiger partial charge >= 0.3 is 21.7 Å². The normalized spacial score (nSPS) is 11.7. The molecule has 2 heterocycles. The number of hydrogen-bond donors (Lipinski definition) is 0. The number of nitrogens with zero attached hydrogens (tertiary/aromatic N) is 4. The molecule has 0 aliphatic rings. The second-order valence-corrected chi connectivity index (χ2v) is 5.79. The van der Waals surface area contributed by atoms with Crippen molar-refractivity contribution < 1.29 is 17.5 Å². The minimum Gasteiger partial charge on any atom is -0.354 e. The fourth-order valence-electron chi connectivity index (χ4n) is 1.40. The maximum absolute atomic E-state index is 11.1. The third-order valence-electron chi connectivity index (χ3n) is 2.10. The lowest BCUT2D eigenvalue weighted by molar-refractivity contribution is -0.385. The zero-order valence-electron chi connectivity index (χ0n) is 9.48. The van der Waals surface area contributed by atoms with Gasteiger partial charge in [0, 0.05) is 11.5 Å². The van der Waals surface area contributed by atoms with Gasteiger partial charge in [-0.05, 0) is 0 Å². The van der Waals surface area contributed by atoms with E-state index in [-0.39, 0.29) is 0 Å². The standard InChI is InChI=1S/C8H7IN4O5S/c1-19(16,17)18-8-6(13(14)15)2-5-3-10-12(4-9)7(5)11-8/h2-3H,4H2,1H3. The molecule has 0 aromatic carbocycles. The second kappa shape index (κ2) is 4.88. The van der Waals surface area contributed by atoms with E-state index in [1.54, 1.807) is 0 Å². The Hall–Kier alpha value is -1.50. The number of nitro groups is 1. The van der Waals surface area contributed by atoms with Crippen molar-refractivity contribution in [1.29, 1.82) is 0 Å². The van der Waals surface area contributed by atoms with E-state index >= 15 is 0 Å². The average Bonchev–Trinajstić information content (AvgIpc) is 2.67. The number of aromatic nitrogens is 3. The highest BCUT2D eigenvalue weighted by Crippen LogP contribution is 2.29. The summed E-state index contributed by atoms with van der Waals surface area (Å²) in [6, 6.07) is 1.18. The summed E-state index contributed by atoms with van der Waals surface area (Å²) < 4.78 is 28.7. The van der Waals surface area contributed by atoms with Crippen molar-refractivity contribution in [1.82, 2.24) is 14.8 Å². The quantitative estimate of drug-likeness (QED) is 0.249. The van der Waals surface area contributed by atoms with E-state index in [0.717, 1.165) is 6.26 Å². The first kappa shape index (κ1) is 13.9. The van der Waals surface area contributed by atoms with E-state index in [9.17, 15) is 18.5 Å². The van der Waals surface area contributed by atoms with Crippen LogP contribution in [0.3, 0.4) is 0 Å². The molecule has 0 saturated carbocycles. The van der Waals surface area contributed by atoms with Crippen molar-refractivity contribution in [2.24, 2.45) is 0 Å². The third kappa shape index (κ3) is 2.91. The van der Waals surface area contributed by atoms with E-state index in [2.05, 4.69) is 14.3 Å². The fraction of sp³-hybridized carbons (Fsp3) is 0.250. The van der Waals surface area contributed by atoms with Gasteiger partial charge in [0.25, 0.3) is 0 Å². The molecule has 9 nitrogen and oxygen atoms in total. The number of pyridine rings is 1. The lowest BCUT2D eigenvalue weighted by atomic mass is 10.3. The van der Waals surface area contributed by atoms with Crippen LogP contribution in [0.2, 0.25) is 0 Å². The van der Waals surface area contributed by atoms with Crippen LogP contribution in [0.25, 0.3) is 11.0 Å². The van der Waals surface area contributed by atoms with Crippen LogP contribution in [-0.2, 0) is 14.7 Å². The van der Waals surface area contributed by atoms with Crippen molar-refractivity contribution in [3.63, 3.8) is 0 Å². The van der Waals surface area contributed by atoms with Gasteiger partial charge < -0.3 is 4.18 Å². The predicted molar refractivity (Wildman–Crippen MR) is 73.7 cm³/mol. The van der Waals surface area contributed by atoms with Crippen LogP contribution in [0, 0.1) is 10.1 Å². The SMILES string of the molecule is CS(=O)(=O)Oc1nc2c(cnn2CI)cc1[N+](=O)[O-]. The topological polar surface area (TPSA) is 117 Å². The highest BCUT2D eigenvalue weighted by molar-refractivity contribution is 14.1. The van der Waals surface area contributed by atoms with Gasteiger partial charge in [0.1, 0.15) is 0 Å². The fourth-order valence-corrected chi connectivity index (χ4v) is 2.31. The summed E-state index contributed by atoms with van der Waals surface area (Å²) in [7, 11) is -3.90. The molecule has 2 aromatic heterocycles. The maximum Gasteiger partial charge on any atom is 0.333 e. The van der Waals surface area contributed by atoms with Crippen LogP contribution >= 0.6 is 22.6 Å². The molecule has 0 unspecified atom stereocenters. The molecule has 0 spiro atoms. The molecule has 2 rings (SSSR count). The van der Waals surface area contributed by atoms with E-state index in [0.29, 0.717) is 15.6 Å². The molecule has 0 saturated heterocycles. The summed E-state index contributed by atoms with van der Waals surface area (Å²) in [5.74, 6) is -0.563. The number of hydrogen-bond acceptors (Lipinski definition) is 7. The molecule has 0 aliphatic heterocycles. The van der Waals surface area contributed by atoms with Gasteiger partial charge in [0.15, 0.2) is 5.65 Å². The Morgan fingerprint density at radius 2 is 2.26 bits per heavy atom. The highest BCUT2D eigenvalue weighted by Gasteiger charge is 2.23. The van der Waals surface area contributed by atoms with Crippen LogP contribution in [0.15, 0.2) is 12.3 Å². The largest absolute Gasteiger partial charge is 0.354 e. The Balaban J connectivity index is 2.70. The van der Waals surface area contributed by atoms with Crippen molar-refractivity contribution in [3.8, 4) is 5.88 Å². The Bertz CT molecular complexity index is 756. The number of fused-ring (bicyclic) bond motifs is 1. The molecule has 0 amide bonds. The van der Waals surface area contributed by atoms with Gasteiger partial charge in [0.05, 0.1) is 21.9 Å². The first-order valence-electron chi connectivity index (χ1n) is 4.78. The van der Waals surface area contributed by atoms with Crippen molar-refractivity contribution in [3.05, 3.63) is 22.4 Å². The Kier molecular flexibility index (Phi) is 3.58. The van der Waals surface area contributed by atoms with Crippen LogP contribution in [0.4, 0.5) is 5.69 Å². The Morgan fingerprint density at radius 3 is 2.79 bits per heavy atom. The Morgan fingerprint density at radius 1 is 1.58 bits per heavy atom. The summed E-state index contributed by atoms with van der Waals surface area (Å²) in [6.07, 6.45) is 2.20. The summed E-state index contributed by atoms with van der Waals surface area (Å²) in [4.78, 5) is 14.0. The third-order valence-corrected chi connectivity index (χ3v) is 3.20. The van der Waals surface area contributed by atoms with Gasteiger partial charge in [-0.3, -0.25) is 10.1 Å². The zero-order valence-corrected chi connectivity index (χ0v) is 12.5. The van der Waals surface area contributed by atoms with Gasteiger partial charge in [-0.1, -0.05) is 22.6 Å². The first-order valence-corrected chi connectivity index (χ1v) is 8.12. The molecule has 11 heteroatoms. The molecule has 0 N–H and O–H groups in total. The molecule has 0 atom stereocenters. The van der Waals surface area contributed by atoms with Gasteiger partial charge in [0.2, 0.25) is 0 Å². The minimum absolute atomic E-state index is 0.318. The van der Waals surface area contributed by atoms with E-state index in [1.807, 2.05) is 22.6 Å². The summed E-state index contributed by atoms with van der Waals surface area (Å²) >= 11 is 2.03. The summed E-state index contributed by atoms with van der Waals surface area (Å²) in [5.41, 5.74) is -0.204. The lowest BCUT2D eigenvalue weighted by Gasteiger charge is -2.03. The molecular formula is C8H7IN4O5S. The van der Waals surface area contributed by atoms with Crippen molar-refractivity contribution in [2.75, 3.05) is 6.26 Å². The molecule has 19 heavy (non-hydrogen) atoms. The molecule has 0 fully saturated rings. The molecular weight excluding hydrogens is 391 g/mol. The minimum atomic E-state index is -3.90. The van der Waals surface area contributed by atoms with Crippen LogP contribution in [0.5, 0.6) is 5.88 Å². The van der Waals surface area contributed by atoms with Crippen molar-refractivity contribution >= 4 is 49.4 Å². The van der Waals surface area contributed by atoms with Crippen molar-refractivity contribution in [2.45, 2.75) is 4.55 Å². The first-order chi connectivity index (χ1) is 8.81. The molecule has 2 aromatic rings. The molecule has 0 radical (unpaired) electrons. The predicted octanol–water partition coefficient (Wildman–Crippen LogP) is 1.07. The average molecular weight is 398 g/mol. The van der Waals surface area contributed by atoms with E-state index < -0.39 is 26.6 Å². The Labute approximate surface area is 121 Å². The second-order valence-electron chi connectivity index (χ2n) is 3.53.